The molecule has 0 aromatic heterocycles. The maximum Gasteiger partial charge on any atom is 0.434 e. The fraction of sp³-hybridized carbons (Fsp3) is 0.667. The van der Waals surface area contributed by atoms with Gasteiger partial charge >= 0.3 is 30.3 Å². The van der Waals surface area contributed by atoms with E-state index in [1.807, 2.05) is 0 Å². The van der Waals surface area contributed by atoms with Crippen molar-refractivity contribution in [1.82, 2.24) is 0 Å². The summed E-state index contributed by atoms with van der Waals surface area (Å²) in [4.78, 5) is 35.5. The van der Waals surface area contributed by atoms with Crippen LogP contribution in [0, 0.1) is 23.7 Å². The molecular weight excluding hydrogens is 409 g/mol. The Morgan fingerprint density at radius 3 is 2.18 bits per heavy atom. The lowest BCUT2D eigenvalue weighted by Crippen LogP contribution is -2.49. The third-order valence-electron chi connectivity index (χ3n) is 5.11. The van der Waals surface area contributed by atoms with Gasteiger partial charge in [-0.1, -0.05) is 6.58 Å². The van der Waals surface area contributed by atoms with Crippen molar-refractivity contribution in [2.45, 2.75) is 37.1 Å². The maximum atomic E-state index is 12.9. The van der Waals surface area contributed by atoms with Gasteiger partial charge in [-0.15, -0.1) is 0 Å². The normalized spacial score (nSPS) is 33.8. The van der Waals surface area contributed by atoms with E-state index in [1.165, 1.54) is 0 Å². The van der Waals surface area contributed by atoms with Crippen LogP contribution < -0.4 is 0 Å². The number of carbonyl (C=O) groups excluding carboxylic acids is 3. The summed E-state index contributed by atoms with van der Waals surface area (Å²) >= 11 is 0. The molecule has 1 heterocycles. The minimum absolute atomic E-state index is 0.0553. The molecule has 6 unspecified atom stereocenters. The van der Waals surface area contributed by atoms with Gasteiger partial charge in [0.05, 0.1) is 11.8 Å². The van der Waals surface area contributed by atoms with E-state index in [2.05, 4.69) is 11.3 Å². The molecule has 0 aromatic carbocycles. The molecule has 2 bridgehead atoms. The minimum Gasteiger partial charge on any atom is -0.458 e. The molecule has 28 heavy (non-hydrogen) atoms. The number of fused-ring (bicyclic) bond motifs is 1. The first-order valence-corrected chi connectivity index (χ1v) is 7.83. The second kappa shape index (κ2) is 6.34. The van der Waals surface area contributed by atoms with Crippen molar-refractivity contribution in [3.63, 3.8) is 0 Å². The van der Waals surface area contributed by atoms with Gasteiger partial charge in [0.15, 0.2) is 0 Å². The van der Waals surface area contributed by atoms with Crippen molar-refractivity contribution in [3.8, 4) is 0 Å². The van der Waals surface area contributed by atoms with Crippen molar-refractivity contribution in [3.05, 3.63) is 12.4 Å². The summed E-state index contributed by atoms with van der Waals surface area (Å²) in [5, 5.41) is 0. The fourth-order valence-electron chi connectivity index (χ4n) is 4.17. The lowest BCUT2D eigenvalue weighted by molar-refractivity contribution is -0.315. The molecule has 3 rings (SSSR count). The van der Waals surface area contributed by atoms with Crippen LogP contribution >= 0.6 is 0 Å². The molecule has 0 amide bonds. The summed E-state index contributed by atoms with van der Waals surface area (Å²) in [5.74, 6) is -11.0. The van der Waals surface area contributed by atoms with E-state index >= 15 is 0 Å². The fourth-order valence-corrected chi connectivity index (χ4v) is 4.17. The van der Waals surface area contributed by atoms with Gasteiger partial charge in [-0.3, -0.25) is 9.59 Å². The topological polar surface area (TPSA) is 78.9 Å². The molecule has 2 saturated carbocycles. The number of esters is 3. The Kier molecular flexibility index (Phi) is 4.62. The van der Waals surface area contributed by atoms with Crippen molar-refractivity contribution in [1.29, 1.82) is 0 Å². The Bertz CT molecular complexity index is 715. The van der Waals surface area contributed by atoms with Crippen LogP contribution in [0.2, 0.25) is 0 Å². The van der Waals surface area contributed by atoms with Crippen LogP contribution in [0.4, 0.5) is 30.7 Å². The summed E-state index contributed by atoms with van der Waals surface area (Å²) in [6.45, 7) is 2.69. The summed E-state index contributed by atoms with van der Waals surface area (Å²) in [5.41, 5.74) is 0. The average molecular weight is 420 g/mol. The number of alkyl halides is 6. The highest BCUT2D eigenvalue weighted by molar-refractivity contribution is 5.88. The van der Waals surface area contributed by atoms with Gasteiger partial charge in [0.1, 0.15) is 12.2 Å². The summed E-state index contributed by atoms with van der Waals surface area (Å²) in [6.07, 6.45) is -18.8. The van der Waals surface area contributed by atoms with E-state index in [1.54, 1.807) is 0 Å². The molecule has 1 saturated heterocycles. The lowest BCUT2D eigenvalue weighted by atomic mass is 9.78. The second-order valence-corrected chi connectivity index (χ2v) is 6.69. The molecule has 3 fully saturated rings. The lowest BCUT2D eigenvalue weighted by Gasteiger charge is -2.31. The monoisotopic (exact) mass is 420 g/mol. The van der Waals surface area contributed by atoms with Crippen LogP contribution in [-0.2, 0) is 28.6 Å². The van der Waals surface area contributed by atoms with Gasteiger partial charge in [0, 0.05) is 11.8 Å². The molecular formula is C15H11F7O6. The molecule has 0 spiro atoms. The zero-order valence-electron chi connectivity index (χ0n) is 13.6. The van der Waals surface area contributed by atoms with E-state index in [4.69, 9.17) is 9.47 Å². The number of carbonyl (C=O) groups is 3. The zero-order chi connectivity index (χ0) is 21.2. The van der Waals surface area contributed by atoms with Gasteiger partial charge < -0.3 is 14.2 Å². The van der Waals surface area contributed by atoms with E-state index in [9.17, 15) is 45.1 Å². The number of hydrogen-bond donors (Lipinski definition) is 0. The van der Waals surface area contributed by atoms with Crippen molar-refractivity contribution in [2.75, 3.05) is 0 Å². The molecule has 0 N–H and O–H groups in total. The summed E-state index contributed by atoms with van der Waals surface area (Å²) in [6, 6.07) is 0. The quantitative estimate of drug-likeness (QED) is 0.301. The van der Waals surface area contributed by atoms with Gasteiger partial charge in [-0.25, -0.2) is 4.79 Å². The van der Waals surface area contributed by atoms with E-state index in [-0.39, 0.29) is 6.42 Å². The molecule has 3 aliphatic rings. The Hall–Kier alpha value is -2.34. The predicted molar refractivity (Wildman–Crippen MR) is 70.6 cm³/mol. The first-order chi connectivity index (χ1) is 12.7. The smallest absolute Gasteiger partial charge is 0.434 e. The number of ether oxygens (including phenoxy) is 3. The van der Waals surface area contributed by atoms with Crippen LogP contribution in [0.1, 0.15) is 6.42 Å². The van der Waals surface area contributed by atoms with E-state index in [0.717, 1.165) is 0 Å². The number of rotatable bonds is 4. The van der Waals surface area contributed by atoms with Crippen molar-refractivity contribution < 1.29 is 59.3 Å². The van der Waals surface area contributed by atoms with Crippen LogP contribution in [0.15, 0.2) is 12.4 Å². The molecule has 6 nitrogen and oxygen atoms in total. The third kappa shape index (κ3) is 3.20. The maximum absolute atomic E-state index is 12.9. The van der Waals surface area contributed by atoms with Crippen LogP contribution in [0.5, 0.6) is 0 Å². The minimum atomic E-state index is -5.93. The average Bonchev–Trinajstić information content (AvgIpc) is 3.13. The highest BCUT2D eigenvalue weighted by Gasteiger charge is 2.71. The van der Waals surface area contributed by atoms with Gasteiger partial charge in [-0.05, 0) is 6.42 Å². The van der Waals surface area contributed by atoms with Gasteiger partial charge in [0.2, 0.25) is 5.83 Å². The largest absolute Gasteiger partial charge is 0.458 e. The van der Waals surface area contributed by atoms with Crippen LogP contribution in [0.25, 0.3) is 0 Å². The predicted octanol–water partition coefficient (Wildman–Crippen LogP) is 2.23. The Morgan fingerprint density at radius 1 is 1.11 bits per heavy atom. The van der Waals surface area contributed by atoms with Gasteiger partial charge in [-0.2, -0.15) is 30.7 Å². The zero-order valence-corrected chi connectivity index (χ0v) is 13.6. The van der Waals surface area contributed by atoms with Crippen LogP contribution in [0.3, 0.4) is 0 Å². The standard InChI is InChI=1S/C15H11F7O6/c1-3(16)10(23)26-8-5-2-4-6(11(24)27-9(4)8)7(5)12(25)28-13(14(17,18)19)15(20,21)22/h4-9,13H,1-2H2. The molecule has 156 valence electrons. The highest BCUT2D eigenvalue weighted by atomic mass is 19.4. The molecule has 2 aliphatic carbocycles. The van der Waals surface area contributed by atoms with Gasteiger partial charge in [0.25, 0.3) is 6.10 Å². The Labute approximate surface area is 151 Å². The Morgan fingerprint density at radius 2 is 1.68 bits per heavy atom. The molecule has 13 heteroatoms. The Balaban J connectivity index is 1.85. The van der Waals surface area contributed by atoms with Crippen LogP contribution in [-0.4, -0.2) is 48.6 Å². The molecule has 1 aliphatic heterocycles. The highest BCUT2D eigenvalue weighted by Crippen LogP contribution is 2.59. The molecule has 0 aromatic rings. The van der Waals surface area contributed by atoms with Crippen molar-refractivity contribution >= 4 is 17.9 Å². The SMILES string of the molecule is C=C(F)C(=O)OC1C2CC3C1OC(=O)C3C2C(=O)OC(C(F)(F)F)C(F)(F)F. The molecule has 0 radical (unpaired) electrons. The molecule has 6 atom stereocenters. The van der Waals surface area contributed by atoms with Crippen molar-refractivity contribution in [2.24, 2.45) is 23.7 Å². The number of hydrogen-bond acceptors (Lipinski definition) is 6. The van der Waals surface area contributed by atoms with E-state index in [0.29, 0.717) is 0 Å². The number of halogens is 7. The summed E-state index contributed by atoms with van der Waals surface area (Å²) in [7, 11) is 0. The third-order valence-corrected chi connectivity index (χ3v) is 5.11. The van der Waals surface area contributed by atoms with E-state index < -0.39 is 78.1 Å². The first kappa shape index (κ1) is 20.4. The first-order valence-electron chi connectivity index (χ1n) is 7.83. The summed E-state index contributed by atoms with van der Waals surface area (Å²) < 4.78 is 102. The second-order valence-electron chi connectivity index (χ2n) is 6.69.